The smallest absolute Gasteiger partial charge is 0.331 e. The van der Waals surface area contributed by atoms with E-state index in [0.717, 1.165) is 25.0 Å². The molecule has 0 spiro atoms. The van der Waals surface area contributed by atoms with Gasteiger partial charge in [-0.15, -0.1) is 0 Å². The summed E-state index contributed by atoms with van der Waals surface area (Å²) >= 11 is 0. The quantitative estimate of drug-likeness (QED) is 0.539. The fourth-order valence-corrected chi connectivity index (χ4v) is 1.86. The van der Waals surface area contributed by atoms with Crippen LogP contribution in [0.1, 0.15) is 39.5 Å². The third kappa shape index (κ3) is 6.42. The molecule has 0 aliphatic heterocycles. The molecule has 0 N–H and O–H groups in total. The number of hydrogen-bond acceptors (Lipinski definition) is 4. The molecule has 102 valence electrons. The van der Waals surface area contributed by atoms with Crippen molar-refractivity contribution in [1.82, 2.24) is 0 Å². The molecule has 0 heterocycles. The second-order valence-corrected chi connectivity index (χ2v) is 5.14. The lowest BCUT2D eigenvalue weighted by Crippen LogP contribution is -2.11. The molecule has 0 atom stereocenters. The SMILES string of the molecule is CC(C)COC(=O)/C=C/C(=O)OCC1CCCC1. The number of rotatable bonds is 6. The summed E-state index contributed by atoms with van der Waals surface area (Å²) in [6, 6.07) is 0. The normalized spacial score (nSPS) is 16.4. The summed E-state index contributed by atoms with van der Waals surface area (Å²) in [5, 5.41) is 0. The van der Waals surface area contributed by atoms with Gasteiger partial charge in [-0.05, 0) is 24.7 Å². The van der Waals surface area contributed by atoms with E-state index in [0.29, 0.717) is 19.1 Å². The van der Waals surface area contributed by atoms with E-state index in [4.69, 9.17) is 9.47 Å². The fraction of sp³-hybridized carbons (Fsp3) is 0.714. The molecule has 0 bridgehead atoms. The molecule has 0 radical (unpaired) electrons. The Morgan fingerprint density at radius 2 is 1.67 bits per heavy atom. The molecule has 0 aromatic carbocycles. The van der Waals surface area contributed by atoms with Crippen LogP contribution in [0.25, 0.3) is 0 Å². The summed E-state index contributed by atoms with van der Waals surface area (Å²) in [5.74, 6) is -0.183. The van der Waals surface area contributed by atoms with Gasteiger partial charge in [-0.3, -0.25) is 0 Å². The van der Waals surface area contributed by atoms with Gasteiger partial charge in [0, 0.05) is 12.2 Å². The van der Waals surface area contributed by atoms with Gasteiger partial charge in [0.15, 0.2) is 0 Å². The molecule has 4 nitrogen and oxygen atoms in total. The van der Waals surface area contributed by atoms with E-state index in [1.807, 2.05) is 13.8 Å². The lowest BCUT2D eigenvalue weighted by Gasteiger charge is -2.08. The number of ether oxygens (including phenoxy) is 2. The van der Waals surface area contributed by atoms with E-state index < -0.39 is 11.9 Å². The lowest BCUT2D eigenvalue weighted by molar-refractivity contribution is -0.141. The van der Waals surface area contributed by atoms with Gasteiger partial charge in [-0.1, -0.05) is 26.7 Å². The third-order valence-electron chi connectivity index (χ3n) is 2.85. The summed E-state index contributed by atoms with van der Waals surface area (Å²) in [7, 11) is 0. The van der Waals surface area contributed by atoms with Crippen molar-refractivity contribution in [3.8, 4) is 0 Å². The predicted molar refractivity (Wildman–Crippen MR) is 67.9 cm³/mol. The molecule has 1 saturated carbocycles. The number of carbonyl (C=O) groups excluding carboxylic acids is 2. The van der Waals surface area contributed by atoms with Crippen LogP contribution in [0.5, 0.6) is 0 Å². The first-order valence-corrected chi connectivity index (χ1v) is 6.59. The van der Waals surface area contributed by atoms with E-state index in [9.17, 15) is 9.59 Å². The summed E-state index contributed by atoms with van der Waals surface area (Å²) < 4.78 is 9.97. The Morgan fingerprint density at radius 3 is 2.22 bits per heavy atom. The van der Waals surface area contributed by atoms with Crippen LogP contribution in [-0.2, 0) is 19.1 Å². The zero-order valence-corrected chi connectivity index (χ0v) is 11.2. The van der Waals surface area contributed by atoms with Crippen LogP contribution in [0.3, 0.4) is 0 Å². The zero-order chi connectivity index (χ0) is 13.4. The molecular formula is C14H22O4. The van der Waals surface area contributed by atoms with Crippen molar-refractivity contribution >= 4 is 11.9 Å². The maximum absolute atomic E-state index is 11.3. The second-order valence-electron chi connectivity index (χ2n) is 5.14. The molecule has 0 amide bonds. The minimum atomic E-state index is -0.499. The molecule has 0 aromatic heterocycles. The van der Waals surface area contributed by atoms with Crippen molar-refractivity contribution in [2.75, 3.05) is 13.2 Å². The Bertz CT molecular complexity index is 301. The number of carbonyl (C=O) groups is 2. The Kier molecular flexibility index (Phi) is 6.47. The van der Waals surface area contributed by atoms with Gasteiger partial charge >= 0.3 is 11.9 Å². The molecule has 0 aromatic rings. The fourth-order valence-electron chi connectivity index (χ4n) is 1.86. The number of hydrogen-bond donors (Lipinski definition) is 0. The molecule has 1 aliphatic carbocycles. The standard InChI is InChI=1S/C14H22O4/c1-11(2)9-17-13(15)7-8-14(16)18-10-12-5-3-4-6-12/h7-8,11-12H,3-6,9-10H2,1-2H3/b8-7+. The maximum atomic E-state index is 11.3. The van der Waals surface area contributed by atoms with E-state index in [-0.39, 0.29) is 5.92 Å². The van der Waals surface area contributed by atoms with Gasteiger partial charge in [0.2, 0.25) is 0 Å². The average molecular weight is 254 g/mol. The topological polar surface area (TPSA) is 52.6 Å². The molecular weight excluding hydrogens is 232 g/mol. The first-order valence-electron chi connectivity index (χ1n) is 6.59. The molecule has 18 heavy (non-hydrogen) atoms. The largest absolute Gasteiger partial charge is 0.462 e. The van der Waals surface area contributed by atoms with Crippen LogP contribution in [0.4, 0.5) is 0 Å². The van der Waals surface area contributed by atoms with Gasteiger partial charge < -0.3 is 9.47 Å². The molecule has 1 rings (SSSR count). The van der Waals surface area contributed by atoms with Crippen LogP contribution in [0.15, 0.2) is 12.2 Å². The van der Waals surface area contributed by atoms with Crippen LogP contribution < -0.4 is 0 Å². The maximum Gasteiger partial charge on any atom is 0.331 e. The monoisotopic (exact) mass is 254 g/mol. The highest BCUT2D eigenvalue weighted by Crippen LogP contribution is 2.24. The van der Waals surface area contributed by atoms with Gasteiger partial charge in [0.25, 0.3) is 0 Å². The van der Waals surface area contributed by atoms with Crippen molar-refractivity contribution in [2.45, 2.75) is 39.5 Å². The highest BCUT2D eigenvalue weighted by molar-refractivity contribution is 5.91. The lowest BCUT2D eigenvalue weighted by atomic mass is 10.1. The summed E-state index contributed by atoms with van der Waals surface area (Å²) in [4.78, 5) is 22.5. The van der Waals surface area contributed by atoms with Crippen molar-refractivity contribution in [3.05, 3.63) is 12.2 Å². The Morgan fingerprint density at radius 1 is 1.11 bits per heavy atom. The van der Waals surface area contributed by atoms with Gasteiger partial charge in [0.1, 0.15) is 0 Å². The average Bonchev–Trinajstić information content (AvgIpc) is 2.84. The van der Waals surface area contributed by atoms with Crippen molar-refractivity contribution < 1.29 is 19.1 Å². The summed E-state index contributed by atoms with van der Waals surface area (Å²) in [6.07, 6.45) is 6.97. The van der Waals surface area contributed by atoms with Gasteiger partial charge in [-0.25, -0.2) is 9.59 Å². The highest BCUT2D eigenvalue weighted by Gasteiger charge is 2.16. The van der Waals surface area contributed by atoms with Crippen molar-refractivity contribution in [1.29, 1.82) is 0 Å². The van der Waals surface area contributed by atoms with Crippen LogP contribution >= 0.6 is 0 Å². The van der Waals surface area contributed by atoms with Crippen LogP contribution in [0, 0.1) is 11.8 Å². The Balaban J connectivity index is 2.15. The molecule has 0 unspecified atom stereocenters. The van der Waals surface area contributed by atoms with Crippen molar-refractivity contribution in [2.24, 2.45) is 11.8 Å². The first-order chi connectivity index (χ1) is 8.58. The minimum Gasteiger partial charge on any atom is -0.462 e. The van der Waals surface area contributed by atoms with E-state index in [2.05, 4.69) is 0 Å². The minimum absolute atomic E-state index is 0.289. The Labute approximate surface area is 108 Å². The Hall–Kier alpha value is -1.32. The molecule has 0 saturated heterocycles. The van der Waals surface area contributed by atoms with Gasteiger partial charge in [0.05, 0.1) is 13.2 Å². The third-order valence-corrected chi connectivity index (χ3v) is 2.85. The van der Waals surface area contributed by atoms with E-state index in [1.165, 1.54) is 12.8 Å². The number of esters is 2. The van der Waals surface area contributed by atoms with Gasteiger partial charge in [-0.2, -0.15) is 0 Å². The molecule has 1 fully saturated rings. The van der Waals surface area contributed by atoms with E-state index in [1.54, 1.807) is 0 Å². The van der Waals surface area contributed by atoms with E-state index >= 15 is 0 Å². The predicted octanol–water partition coefficient (Wildman–Crippen LogP) is 2.48. The summed E-state index contributed by atoms with van der Waals surface area (Å²) in [5.41, 5.74) is 0. The van der Waals surface area contributed by atoms with Crippen LogP contribution in [-0.4, -0.2) is 25.2 Å². The molecule has 1 aliphatic rings. The van der Waals surface area contributed by atoms with Crippen molar-refractivity contribution in [3.63, 3.8) is 0 Å². The van der Waals surface area contributed by atoms with Crippen LogP contribution in [0.2, 0.25) is 0 Å². The molecule has 4 heteroatoms. The second kappa shape index (κ2) is 7.90. The first kappa shape index (κ1) is 14.7. The highest BCUT2D eigenvalue weighted by atomic mass is 16.5. The zero-order valence-electron chi connectivity index (χ0n) is 11.2. The summed E-state index contributed by atoms with van der Waals surface area (Å²) in [6.45, 7) is 4.73.